The molecule has 120 valence electrons. The first-order valence-corrected chi connectivity index (χ1v) is 8.49. The van der Waals surface area contributed by atoms with E-state index >= 15 is 0 Å². The monoisotopic (exact) mass is 318 g/mol. The summed E-state index contributed by atoms with van der Waals surface area (Å²) < 4.78 is 45.7. The Labute approximate surface area is 125 Å². The molecule has 1 unspecified atom stereocenters. The van der Waals surface area contributed by atoms with Crippen LogP contribution in [0.3, 0.4) is 0 Å². The molecule has 1 atom stereocenters. The smallest absolute Gasteiger partial charge is 0.243 e. The molecule has 5 nitrogen and oxygen atoms in total. The van der Waals surface area contributed by atoms with Gasteiger partial charge < -0.3 is 10.1 Å². The van der Waals surface area contributed by atoms with Crippen molar-refractivity contribution in [2.45, 2.75) is 38.3 Å². The van der Waals surface area contributed by atoms with Gasteiger partial charge in [-0.05, 0) is 38.1 Å². The maximum atomic E-state index is 13.8. The number of benzene rings is 1. The first kappa shape index (κ1) is 18.0. The Kier molecular flexibility index (Phi) is 7.24. The minimum Gasteiger partial charge on any atom is -0.377 e. The predicted octanol–water partition coefficient (Wildman–Crippen LogP) is 1.64. The molecule has 0 saturated carbocycles. The van der Waals surface area contributed by atoms with Crippen LogP contribution in [0.5, 0.6) is 0 Å². The lowest BCUT2D eigenvalue weighted by molar-refractivity contribution is 0.0799. The summed E-state index contributed by atoms with van der Waals surface area (Å²) in [5, 5.41) is 3.07. The summed E-state index contributed by atoms with van der Waals surface area (Å²) in [7, 11) is -3.88. The van der Waals surface area contributed by atoms with Crippen LogP contribution < -0.4 is 10.0 Å². The summed E-state index contributed by atoms with van der Waals surface area (Å²) in [4.78, 5) is -0.332. The average Bonchev–Trinajstić information content (AvgIpc) is 2.44. The lowest BCUT2D eigenvalue weighted by Crippen LogP contribution is -2.32. The van der Waals surface area contributed by atoms with Gasteiger partial charge in [0.1, 0.15) is 10.7 Å². The normalized spacial score (nSPS) is 13.3. The summed E-state index contributed by atoms with van der Waals surface area (Å²) >= 11 is 0. The van der Waals surface area contributed by atoms with Crippen molar-refractivity contribution in [3.63, 3.8) is 0 Å². The van der Waals surface area contributed by atoms with Crippen LogP contribution in [-0.2, 0) is 21.3 Å². The Bertz CT molecular complexity index is 549. The third kappa shape index (κ3) is 5.70. The van der Waals surface area contributed by atoms with Gasteiger partial charge in [0.25, 0.3) is 0 Å². The van der Waals surface area contributed by atoms with Gasteiger partial charge in [0, 0.05) is 19.7 Å². The molecule has 0 spiro atoms. The number of sulfonamides is 1. The molecule has 1 rings (SSSR count). The fraction of sp³-hybridized carbons (Fsp3) is 0.571. The third-order valence-corrected chi connectivity index (χ3v) is 4.31. The molecule has 0 bridgehead atoms. The molecule has 1 aromatic rings. The van der Waals surface area contributed by atoms with Crippen molar-refractivity contribution in [3.05, 3.63) is 29.6 Å². The highest BCUT2D eigenvalue weighted by Crippen LogP contribution is 2.16. The van der Waals surface area contributed by atoms with Crippen molar-refractivity contribution >= 4 is 10.0 Å². The molecule has 0 heterocycles. The van der Waals surface area contributed by atoms with E-state index in [9.17, 15) is 12.8 Å². The second kappa shape index (κ2) is 8.43. The first-order valence-electron chi connectivity index (χ1n) is 7.01. The highest BCUT2D eigenvalue weighted by atomic mass is 32.2. The van der Waals surface area contributed by atoms with E-state index in [1.165, 1.54) is 12.1 Å². The average molecular weight is 318 g/mol. The van der Waals surface area contributed by atoms with Gasteiger partial charge in [-0.15, -0.1) is 0 Å². The fourth-order valence-electron chi connectivity index (χ4n) is 1.78. The van der Waals surface area contributed by atoms with Crippen LogP contribution >= 0.6 is 0 Å². The number of nitrogens with one attached hydrogen (secondary N) is 2. The van der Waals surface area contributed by atoms with Crippen molar-refractivity contribution < 1.29 is 17.5 Å². The maximum absolute atomic E-state index is 13.8. The summed E-state index contributed by atoms with van der Waals surface area (Å²) in [6.07, 6.45) is -0.266. The van der Waals surface area contributed by atoms with Gasteiger partial charge in [0.2, 0.25) is 10.0 Å². The Morgan fingerprint density at radius 1 is 1.33 bits per heavy atom. The van der Waals surface area contributed by atoms with Gasteiger partial charge in [-0.2, -0.15) is 0 Å². The van der Waals surface area contributed by atoms with E-state index in [0.717, 1.165) is 12.1 Å². The van der Waals surface area contributed by atoms with Crippen LogP contribution in [0.25, 0.3) is 0 Å². The van der Waals surface area contributed by atoms with Crippen molar-refractivity contribution in [3.8, 4) is 0 Å². The van der Waals surface area contributed by atoms with Crippen LogP contribution in [0.2, 0.25) is 0 Å². The zero-order chi connectivity index (χ0) is 15.9. The van der Waals surface area contributed by atoms with E-state index in [1.54, 1.807) is 13.0 Å². The number of hydrogen-bond donors (Lipinski definition) is 2. The first-order chi connectivity index (χ1) is 9.90. The molecule has 0 fully saturated rings. The minimum absolute atomic E-state index is 0.104. The van der Waals surface area contributed by atoms with Crippen LogP contribution in [0.15, 0.2) is 23.1 Å². The number of hydrogen-bond acceptors (Lipinski definition) is 4. The van der Waals surface area contributed by atoms with Crippen LogP contribution in [0, 0.1) is 5.82 Å². The highest BCUT2D eigenvalue weighted by molar-refractivity contribution is 7.89. The van der Waals surface area contributed by atoms with Crippen LogP contribution in [0.4, 0.5) is 4.39 Å². The zero-order valence-electron chi connectivity index (χ0n) is 12.6. The minimum atomic E-state index is -3.88. The number of rotatable bonds is 9. The second-order valence-corrected chi connectivity index (χ2v) is 6.40. The van der Waals surface area contributed by atoms with Gasteiger partial charge in [-0.25, -0.2) is 17.5 Å². The Balaban J connectivity index is 2.86. The van der Waals surface area contributed by atoms with E-state index in [4.69, 9.17) is 4.74 Å². The van der Waals surface area contributed by atoms with Crippen molar-refractivity contribution in [1.82, 2.24) is 10.0 Å². The van der Waals surface area contributed by atoms with Crippen LogP contribution in [-0.4, -0.2) is 34.2 Å². The summed E-state index contributed by atoms with van der Waals surface area (Å²) in [6, 6.07) is 4.10. The SMILES string of the molecule is CCNCc1ccc(F)c(S(=O)(=O)NCC(C)OCC)c1. The molecule has 0 aliphatic rings. The molecule has 21 heavy (non-hydrogen) atoms. The van der Waals surface area contributed by atoms with E-state index in [0.29, 0.717) is 13.2 Å². The Morgan fingerprint density at radius 3 is 2.67 bits per heavy atom. The largest absolute Gasteiger partial charge is 0.377 e. The zero-order valence-corrected chi connectivity index (χ0v) is 13.5. The molecule has 0 saturated heterocycles. The number of halogens is 1. The summed E-state index contributed by atoms with van der Waals surface area (Å²) in [5.74, 6) is -0.758. The molecular formula is C14H23FN2O3S. The summed E-state index contributed by atoms with van der Waals surface area (Å²) in [5.41, 5.74) is 0.719. The molecule has 2 N–H and O–H groups in total. The Morgan fingerprint density at radius 2 is 2.05 bits per heavy atom. The van der Waals surface area contributed by atoms with E-state index in [2.05, 4.69) is 10.0 Å². The molecule has 0 aliphatic carbocycles. The molecule has 0 amide bonds. The van der Waals surface area contributed by atoms with Crippen molar-refractivity contribution in [2.24, 2.45) is 0 Å². The predicted molar refractivity (Wildman–Crippen MR) is 80.1 cm³/mol. The molecule has 0 aliphatic heterocycles. The standard InChI is InChI=1S/C14H23FN2O3S/c1-4-16-10-12-6-7-13(15)14(8-12)21(18,19)17-9-11(3)20-5-2/h6-8,11,16-17H,4-5,9-10H2,1-3H3. The van der Waals surface area contributed by atoms with Gasteiger partial charge in [0.15, 0.2) is 0 Å². The maximum Gasteiger partial charge on any atom is 0.243 e. The topological polar surface area (TPSA) is 67.4 Å². The quantitative estimate of drug-likeness (QED) is 0.726. The van der Waals surface area contributed by atoms with Crippen molar-refractivity contribution in [1.29, 1.82) is 0 Å². The van der Waals surface area contributed by atoms with Gasteiger partial charge in [-0.3, -0.25) is 0 Å². The van der Waals surface area contributed by atoms with E-state index < -0.39 is 15.8 Å². The van der Waals surface area contributed by atoms with Gasteiger partial charge in [0.05, 0.1) is 6.10 Å². The highest BCUT2D eigenvalue weighted by Gasteiger charge is 2.20. The van der Waals surface area contributed by atoms with Crippen molar-refractivity contribution in [2.75, 3.05) is 19.7 Å². The lowest BCUT2D eigenvalue weighted by atomic mass is 10.2. The van der Waals surface area contributed by atoms with Crippen LogP contribution in [0.1, 0.15) is 26.3 Å². The molecule has 0 aromatic heterocycles. The molecular weight excluding hydrogens is 295 g/mol. The van der Waals surface area contributed by atoms with E-state index in [-0.39, 0.29) is 17.5 Å². The third-order valence-electron chi connectivity index (χ3n) is 2.88. The fourth-order valence-corrected chi connectivity index (χ4v) is 3.02. The molecule has 7 heteroatoms. The van der Waals surface area contributed by atoms with Gasteiger partial charge in [-0.1, -0.05) is 13.0 Å². The lowest BCUT2D eigenvalue weighted by Gasteiger charge is -2.14. The second-order valence-electron chi connectivity index (χ2n) is 4.66. The molecule has 1 aromatic carbocycles. The number of ether oxygens (including phenoxy) is 1. The summed E-state index contributed by atoms with van der Waals surface area (Å²) in [6.45, 7) is 7.37. The Hall–Kier alpha value is -1.02. The van der Waals surface area contributed by atoms with Gasteiger partial charge >= 0.3 is 0 Å². The van der Waals surface area contributed by atoms with E-state index in [1.807, 2.05) is 13.8 Å². The molecule has 0 radical (unpaired) electrons.